The minimum Gasteiger partial charge on any atom is -0.380 e. The molecule has 2 amide bonds. The van der Waals surface area contributed by atoms with E-state index in [1.807, 2.05) is 51.1 Å². The third-order valence-corrected chi connectivity index (χ3v) is 9.13. The van der Waals surface area contributed by atoms with Crippen LogP contribution in [0.2, 0.25) is 0 Å². The van der Waals surface area contributed by atoms with Gasteiger partial charge in [0.05, 0.1) is 19.1 Å². The number of allylic oxidation sites excluding steroid dienone is 1. The number of carbonyl (C=O) groups is 2. The molecule has 1 aromatic rings. The van der Waals surface area contributed by atoms with E-state index in [0.29, 0.717) is 32.8 Å². The van der Waals surface area contributed by atoms with Crippen LogP contribution in [-0.4, -0.2) is 63.9 Å². The molecule has 3 rings (SSSR count). The van der Waals surface area contributed by atoms with Gasteiger partial charge in [-0.3, -0.25) is 15.0 Å². The van der Waals surface area contributed by atoms with E-state index >= 15 is 0 Å². The van der Waals surface area contributed by atoms with E-state index in [1.165, 1.54) is 0 Å². The minimum atomic E-state index is -4.12. The molecule has 2 saturated heterocycles. The molecule has 0 spiro atoms. The van der Waals surface area contributed by atoms with Gasteiger partial charge in [0.2, 0.25) is 5.91 Å². The summed E-state index contributed by atoms with van der Waals surface area (Å²) >= 11 is 0. The maximum absolute atomic E-state index is 13.9. The molecule has 218 valence electrons. The van der Waals surface area contributed by atoms with Crippen LogP contribution in [0.1, 0.15) is 58.4 Å². The van der Waals surface area contributed by atoms with E-state index in [2.05, 4.69) is 16.3 Å². The Bertz CT molecular complexity index is 1080. The van der Waals surface area contributed by atoms with E-state index in [9.17, 15) is 18.0 Å². The van der Waals surface area contributed by atoms with Gasteiger partial charge in [0, 0.05) is 31.2 Å². The lowest BCUT2D eigenvalue weighted by atomic mass is 9.81. The Labute approximate surface area is 232 Å². The van der Waals surface area contributed by atoms with Crippen LogP contribution in [0.15, 0.2) is 36.4 Å². The SMILES string of the molecule is CC(C)C[C@](C(=O)NNCC1(C)COC1)([C@@H](C/C=C/c1ccccc1)C(=O)NOC1CCCCO1)S(C)(=O)=O. The highest BCUT2D eigenvalue weighted by molar-refractivity contribution is 7.93. The first-order valence-electron chi connectivity index (χ1n) is 13.6. The molecule has 0 radical (unpaired) electrons. The van der Waals surface area contributed by atoms with Crippen molar-refractivity contribution in [2.45, 2.75) is 63.9 Å². The van der Waals surface area contributed by atoms with Crippen molar-refractivity contribution in [3.8, 4) is 0 Å². The second kappa shape index (κ2) is 13.8. The Balaban J connectivity index is 1.92. The van der Waals surface area contributed by atoms with Crippen molar-refractivity contribution in [3.63, 3.8) is 0 Å². The molecule has 2 heterocycles. The number of rotatable bonds is 14. The largest absolute Gasteiger partial charge is 0.380 e. The number of hydroxylamine groups is 1. The highest BCUT2D eigenvalue weighted by Crippen LogP contribution is 2.37. The zero-order valence-corrected chi connectivity index (χ0v) is 24.2. The number of sulfone groups is 1. The molecule has 39 heavy (non-hydrogen) atoms. The highest BCUT2D eigenvalue weighted by atomic mass is 32.2. The summed E-state index contributed by atoms with van der Waals surface area (Å²) in [6.45, 7) is 7.64. The molecule has 0 aromatic heterocycles. The Kier molecular flexibility index (Phi) is 11.1. The molecule has 2 aliphatic heterocycles. The van der Waals surface area contributed by atoms with Gasteiger partial charge in [-0.15, -0.1) is 0 Å². The summed E-state index contributed by atoms with van der Waals surface area (Å²) in [5, 5.41) is 0. The minimum absolute atomic E-state index is 0.00558. The van der Waals surface area contributed by atoms with Crippen molar-refractivity contribution in [1.29, 1.82) is 0 Å². The maximum Gasteiger partial charge on any atom is 0.256 e. The van der Waals surface area contributed by atoms with Crippen LogP contribution in [0.5, 0.6) is 0 Å². The summed E-state index contributed by atoms with van der Waals surface area (Å²) in [4.78, 5) is 33.1. The lowest BCUT2D eigenvalue weighted by molar-refractivity contribution is -0.202. The number of carbonyl (C=O) groups excluding carboxylic acids is 2. The molecular formula is C28H43N3O7S. The van der Waals surface area contributed by atoms with E-state index in [0.717, 1.165) is 24.7 Å². The average molecular weight is 566 g/mol. The lowest BCUT2D eigenvalue weighted by Crippen LogP contribution is -2.64. The molecule has 3 N–H and O–H groups in total. The highest BCUT2D eigenvalue weighted by Gasteiger charge is 2.57. The Morgan fingerprint density at radius 2 is 1.92 bits per heavy atom. The summed E-state index contributed by atoms with van der Waals surface area (Å²) in [6.07, 6.45) is 6.27. The molecule has 10 nitrogen and oxygen atoms in total. The number of benzene rings is 1. The molecule has 0 bridgehead atoms. The molecule has 0 saturated carbocycles. The number of hydrogen-bond acceptors (Lipinski definition) is 8. The number of hydrazine groups is 1. The van der Waals surface area contributed by atoms with Gasteiger partial charge >= 0.3 is 0 Å². The molecule has 11 heteroatoms. The molecule has 2 aliphatic rings. The third-order valence-electron chi connectivity index (χ3n) is 7.17. The van der Waals surface area contributed by atoms with Crippen LogP contribution in [0.4, 0.5) is 0 Å². The Hall–Kier alpha value is -2.31. The van der Waals surface area contributed by atoms with Crippen LogP contribution in [0, 0.1) is 17.3 Å². The van der Waals surface area contributed by atoms with Crippen molar-refractivity contribution in [1.82, 2.24) is 16.3 Å². The Morgan fingerprint density at radius 1 is 1.21 bits per heavy atom. The predicted octanol–water partition coefficient (Wildman–Crippen LogP) is 2.77. The molecule has 1 aromatic carbocycles. The number of amides is 2. The summed E-state index contributed by atoms with van der Waals surface area (Å²) in [7, 11) is -4.12. The first-order valence-corrected chi connectivity index (χ1v) is 15.5. The lowest BCUT2D eigenvalue weighted by Gasteiger charge is -2.40. The molecular weight excluding hydrogens is 522 g/mol. The van der Waals surface area contributed by atoms with Gasteiger partial charge < -0.3 is 9.47 Å². The zero-order chi connectivity index (χ0) is 28.5. The van der Waals surface area contributed by atoms with Crippen molar-refractivity contribution >= 4 is 27.7 Å². The van der Waals surface area contributed by atoms with Gasteiger partial charge in [0.25, 0.3) is 5.91 Å². The van der Waals surface area contributed by atoms with E-state index in [-0.39, 0.29) is 24.2 Å². The quantitative estimate of drug-likeness (QED) is 0.294. The number of hydrogen-bond donors (Lipinski definition) is 3. The maximum atomic E-state index is 13.9. The first kappa shape index (κ1) is 31.2. The van der Waals surface area contributed by atoms with Crippen molar-refractivity contribution in [2.75, 3.05) is 32.6 Å². The van der Waals surface area contributed by atoms with Gasteiger partial charge in [-0.05, 0) is 37.2 Å². The monoisotopic (exact) mass is 565 g/mol. The third kappa shape index (κ3) is 8.34. The summed E-state index contributed by atoms with van der Waals surface area (Å²) in [6, 6.07) is 9.45. The van der Waals surface area contributed by atoms with Gasteiger partial charge in [-0.1, -0.05) is 63.3 Å². The smallest absolute Gasteiger partial charge is 0.256 e. The second-order valence-corrected chi connectivity index (χ2v) is 13.6. The fraction of sp³-hybridized carbons (Fsp3) is 0.643. The summed E-state index contributed by atoms with van der Waals surface area (Å²) < 4.78 is 35.9. The van der Waals surface area contributed by atoms with Crippen LogP contribution in [0.3, 0.4) is 0 Å². The number of nitrogens with one attached hydrogen (secondary N) is 3. The standard InChI is InChI=1S/C28H43N3O7S/c1-21(2)17-28(39(4,34)35,26(33)30-29-18-27(3)19-36-20-27)23(14-10-13-22-11-6-5-7-12-22)25(32)31-38-24-15-8-9-16-37-24/h5-7,10-13,21,23-24,29H,8-9,14-20H2,1-4H3,(H,30,33)(H,31,32)/b13-10+/t23-,24?,28+/m0/s1. The Morgan fingerprint density at radius 3 is 2.49 bits per heavy atom. The van der Waals surface area contributed by atoms with Crippen molar-refractivity contribution in [2.24, 2.45) is 17.3 Å². The van der Waals surface area contributed by atoms with Gasteiger partial charge in [0.1, 0.15) is 0 Å². The van der Waals surface area contributed by atoms with Crippen LogP contribution < -0.4 is 16.3 Å². The fourth-order valence-corrected chi connectivity index (χ4v) is 6.73. The molecule has 0 aliphatic carbocycles. The topological polar surface area (TPSA) is 132 Å². The van der Waals surface area contributed by atoms with E-state index < -0.39 is 38.6 Å². The fourth-order valence-electron chi connectivity index (χ4n) is 4.99. The van der Waals surface area contributed by atoms with Crippen molar-refractivity contribution in [3.05, 3.63) is 42.0 Å². The van der Waals surface area contributed by atoms with Gasteiger partial charge in [0.15, 0.2) is 20.9 Å². The van der Waals surface area contributed by atoms with Gasteiger partial charge in [-0.2, -0.15) is 0 Å². The van der Waals surface area contributed by atoms with Crippen LogP contribution in [0.25, 0.3) is 6.08 Å². The second-order valence-electron chi connectivity index (χ2n) is 11.4. The average Bonchev–Trinajstić information content (AvgIpc) is 2.88. The van der Waals surface area contributed by atoms with Crippen molar-refractivity contribution < 1.29 is 32.3 Å². The number of ether oxygens (including phenoxy) is 2. The zero-order valence-electron chi connectivity index (χ0n) is 23.4. The first-order chi connectivity index (χ1) is 18.5. The summed E-state index contributed by atoms with van der Waals surface area (Å²) in [5.41, 5.74) is 8.66. The predicted molar refractivity (Wildman–Crippen MR) is 149 cm³/mol. The van der Waals surface area contributed by atoms with Crippen LogP contribution >= 0.6 is 0 Å². The van der Waals surface area contributed by atoms with E-state index in [1.54, 1.807) is 12.2 Å². The molecule has 3 atom stereocenters. The normalized spacial score (nSPS) is 21.6. The van der Waals surface area contributed by atoms with Crippen LogP contribution in [-0.2, 0) is 33.7 Å². The van der Waals surface area contributed by atoms with Gasteiger partial charge in [-0.25, -0.2) is 24.2 Å². The summed E-state index contributed by atoms with van der Waals surface area (Å²) in [5.74, 6) is -2.95. The molecule has 1 unspecified atom stereocenters. The molecule has 2 fully saturated rings. The van der Waals surface area contributed by atoms with E-state index in [4.69, 9.17) is 14.3 Å².